The Kier molecular flexibility index (Phi) is 6.63. The third-order valence-corrected chi connectivity index (χ3v) is 4.79. The number of hydrogen-bond donors (Lipinski definition) is 2. The van der Waals surface area contributed by atoms with Gasteiger partial charge in [0.1, 0.15) is 12.4 Å². The van der Waals surface area contributed by atoms with Gasteiger partial charge in [-0.2, -0.15) is 0 Å². The summed E-state index contributed by atoms with van der Waals surface area (Å²) in [5.41, 5.74) is 1.70. The highest BCUT2D eigenvalue weighted by Crippen LogP contribution is 2.31. The summed E-state index contributed by atoms with van der Waals surface area (Å²) in [4.78, 5) is 21.1. The van der Waals surface area contributed by atoms with E-state index < -0.39 is 0 Å². The molecule has 0 heterocycles. The second-order valence-electron chi connectivity index (χ2n) is 6.64. The second kappa shape index (κ2) is 9.55. The minimum absolute atomic E-state index is 0.0430. The van der Waals surface area contributed by atoms with Gasteiger partial charge in [0.2, 0.25) is 0 Å². The van der Waals surface area contributed by atoms with Gasteiger partial charge in [-0.1, -0.05) is 60.7 Å². The molecule has 0 aromatic heterocycles. The molecule has 1 aliphatic carbocycles. The van der Waals surface area contributed by atoms with E-state index in [1.54, 1.807) is 0 Å². The molecule has 1 amide bonds. The van der Waals surface area contributed by atoms with Gasteiger partial charge in [0.25, 0.3) is 12.4 Å². The number of fused-ring (bicyclic) bond motifs is 1. The first kappa shape index (κ1) is 19.4. The quantitative estimate of drug-likeness (QED) is 0.646. The highest BCUT2D eigenvalue weighted by molar-refractivity contribution is 6.04. The summed E-state index contributed by atoms with van der Waals surface area (Å²) in [5.74, 6) is 0.622. The van der Waals surface area contributed by atoms with E-state index in [0.717, 1.165) is 29.2 Å². The predicted octanol–water partition coefficient (Wildman–Crippen LogP) is 4.40. The molecule has 1 saturated carbocycles. The van der Waals surface area contributed by atoms with Crippen molar-refractivity contribution in [3.8, 4) is 5.75 Å². The lowest BCUT2D eigenvalue weighted by Gasteiger charge is -2.27. The smallest absolute Gasteiger partial charge is 0.290 e. The molecule has 144 valence electrons. The van der Waals surface area contributed by atoms with Gasteiger partial charge in [-0.05, 0) is 36.3 Å². The van der Waals surface area contributed by atoms with Crippen LogP contribution in [0, 0.1) is 0 Å². The van der Waals surface area contributed by atoms with Crippen molar-refractivity contribution in [1.82, 2.24) is 5.32 Å². The van der Waals surface area contributed by atoms with Crippen molar-refractivity contribution in [2.45, 2.75) is 31.9 Å². The first-order valence-electron chi connectivity index (χ1n) is 9.30. The van der Waals surface area contributed by atoms with Gasteiger partial charge in [0.05, 0.1) is 5.56 Å². The van der Waals surface area contributed by atoms with Crippen molar-refractivity contribution < 1.29 is 19.4 Å². The van der Waals surface area contributed by atoms with Gasteiger partial charge < -0.3 is 15.2 Å². The minimum atomic E-state index is -0.250. The molecule has 1 aliphatic rings. The number of ether oxygens (including phenoxy) is 1. The molecule has 2 N–H and O–H groups in total. The summed E-state index contributed by atoms with van der Waals surface area (Å²) in [5, 5.41) is 12.1. The van der Waals surface area contributed by atoms with Crippen LogP contribution < -0.4 is 10.1 Å². The average Bonchev–Trinajstić information content (AvgIpc) is 2.70. The maximum Gasteiger partial charge on any atom is 0.290 e. The van der Waals surface area contributed by atoms with E-state index in [9.17, 15) is 4.79 Å². The topological polar surface area (TPSA) is 75.6 Å². The van der Waals surface area contributed by atoms with Crippen LogP contribution in [0.25, 0.3) is 10.8 Å². The van der Waals surface area contributed by atoms with E-state index in [1.807, 2.05) is 66.7 Å². The van der Waals surface area contributed by atoms with Crippen LogP contribution in [0.3, 0.4) is 0 Å². The molecule has 28 heavy (non-hydrogen) atoms. The van der Waals surface area contributed by atoms with Gasteiger partial charge in [0, 0.05) is 11.4 Å². The first-order chi connectivity index (χ1) is 13.7. The van der Waals surface area contributed by atoms with Crippen LogP contribution in [-0.4, -0.2) is 23.5 Å². The van der Waals surface area contributed by atoms with E-state index >= 15 is 0 Å². The van der Waals surface area contributed by atoms with Crippen molar-refractivity contribution in [3.63, 3.8) is 0 Å². The average molecular weight is 377 g/mol. The van der Waals surface area contributed by atoms with Gasteiger partial charge >= 0.3 is 0 Å². The molecule has 5 nitrogen and oxygen atoms in total. The van der Waals surface area contributed by atoms with Crippen LogP contribution >= 0.6 is 0 Å². The monoisotopic (exact) mass is 377 g/mol. The molecule has 0 aliphatic heterocycles. The van der Waals surface area contributed by atoms with E-state index in [2.05, 4.69) is 5.32 Å². The van der Waals surface area contributed by atoms with Gasteiger partial charge in [-0.15, -0.1) is 0 Å². The van der Waals surface area contributed by atoms with E-state index in [-0.39, 0.29) is 12.4 Å². The van der Waals surface area contributed by atoms with E-state index in [1.165, 1.54) is 6.42 Å². The molecule has 1 fully saturated rings. The summed E-state index contributed by atoms with van der Waals surface area (Å²) in [6, 6.07) is 22.2. The fourth-order valence-corrected chi connectivity index (χ4v) is 3.12. The van der Waals surface area contributed by atoms with Gasteiger partial charge in [0.15, 0.2) is 0 Å². The van der Waals surface area contributed by atoms with Crippen LogP contribution in [0.2, 0.25) is 0 Å². The largest absolute Gasteiger partial charge is 0.487 e. The zero-order valence-electron chi connectivity index (χ0n) is 15.5. The zero-order valence-corrected chi connectivity index (χ0v) is 15.5. The molecule has 0 radical (unpaired) electrons. The number of rotatable bonds is 5. The summed E-state index contributed by atoms with van der Waals surface area (Å²) in [6.07, 6.45) is 3.33. The Bertz CT molecular complexity index is 936. The molecular formula is C23H23NO4. The Morgan fingerprint density at radius 2 is 1.71 bits per heavy atom. The standard InChI is InChI=1S/C22H21NO2.CH2O2/c24-22(23-18-10-6-11-18)20-14-13-17-9-4-5-12-19(17)21(20)25-15-16-7-2-1-3-8-16;2-1-3/h1-5,7-9,12-14,18H,6,10-11,15H2,(H,23,24);1H,(H,2,3). The lowest BCUT2D eigenvalue weighted by molar-refractivity contribution is -0.122. The molecule has 0 spiro atoms. The van der Waals surface area contributed by atoms with Crippen molar-refractivity contribution in [1.29, 1.82) is 0 Å². The third-order valence-electron chi connectivity index (χ3n) is 4.79. The Labute approximate surface area is 164 Å². The molecule has 3 aromatic carbocycles. The number of carboxylic acid groups (broad SMARTS) is 1. The first-order valence-corrected chi connectivity index (χ1v) is 9.30. The van der Waals surface area contributed by atoms with Crippen LogP contribution in [-0.2, 0) is 11.4 Å². The lowest BCUT2D eigenvalue weighted by Crippen LogP contribution is -2.39. The fraction of sp³-hybridized carbons (Fsp3) is 0.217. The number of amides is 1. The number of benzene rings is 3. The van der Waals surface area contributed by atoms with Crippen molar-refractivity contribution in [2.24, 2.45) is 0 Å². The van der Waals surface area contributed by atoms with E-state index in [4.69, 9.17) is 14.6 Å². The van der Waals surface area contributed by atoms with Crippen molar-refractivity contribution >= 4 is 23.2 Å². The van der Waals surface area contributed by atoms with E-state index in [0.29, 0.717) is 24.0 Å². The fourth-order valence-electron chi connectivity index (χ4n) is 3.12. The Balaban J connectivity index is 0.000000706. The highest BCUT2D eigenvalue weighted by Gasteiger charge is 2.23. The molecule has 0 atom stereocenters. The number of hydrogen-bond acceptors (Lipinski definition) is 3. The summed E-state index contributed by atoms with van der Waals surface area (Å²) < 4.78 is 6.13. The summed E-state index contributed by atoms with van der Waals surface area (Å²) in [6.45, 7) is 0.193. The Morgan fingerprint density at radius 1 is 1.04 bits per heavy atom. The van der Waals surface area contributed by atoms with Crippen LogP contribution in [0.1, 0.15) is 35.2 Å². The second-order valence-corrected chi connectivity index (χ2v) is 6.64. The Hall–Kier alpha value is -3.34. The normalized spacial score (nSPS) is 13.0. The summed E-state index contributed by atoms with van der Waals surface area (Å²) in [7, 11) is 0. The Morgan fingerprint density at radius 3 is 2.39 bits per heavy atom. The number of carbonyl (C=O) groups is 2. The predicted molar refractivity (Wildman–Crippen MR) is 109 cm³/mol. The molecule has 4 rings (SSSR count). The SMILES string of the molecule is O=C(NC1CCC1)c1ccc2ccccc2c1OCc1ccccc1.O=CO. The van der Waals surface area contributed by atoms with Crippen LogP contribution in [0.4, 0.5) is 0 Å². The minimum Gasteiger partial charge on any atom is -0.487 e. The van der Waals surface area contributed by atoms with Gasteiger partial charge in [-0.25, -0.2) is 0 Å². The lowest BCUT2D eigenvalue weighted by atomic mass is 9.92. The maximum atomic E-state index is 12.7. The molecule has 5 heteroatoms. The number of carbonyl (C=O) groups excluding carboxylic acids is 1. The van der Waals surface area contributed by atoms with Crippen LogP contribution in [0.5, 0.6) is 5.75 Å². The molecule has 3 aromatic rings. The van der Waals surface area contributed by atoms with Crippen molar-refractivity contribution in [2.75, 3.05) is 0 Å². The third kappa shape index (κ3) is 4.68. The molecular weight excluding hydrogens is 354 g/mol. The highest BCUT2D eigenvalue weighted by atomic mass is 16.5. The molecule has 0 bridgehead atoms. The molecule has 0 saturated heterocycles. The maximum absolute atomic E-state index is 12.7. The van der Waals surface area contributed by atoms with Crippen LogP contribution in [0.15, 0.2) is 66.7 Å². The zero-order chi connectivity index (χ0) is 19.8. The number of nitrogens with one attached hydrogen (secondary N) is 1. The molecule has 0 unspecified atom stereocenters. The van der Waals surface area contributed by atoms with Gasteiger partial charge in [-0.3, -0.25) is 9.59 Å². The van der Waals surface area contributed by atoms with Crippen molar-refractivity contribution in [3.05, 3.63) is 77.9 Å². The summed E-state index contributed by atoms with van der Waals surface area (Å²) >= 11 is 0.